The van der Waals surface area contributed by atoms with Gasteiger partial charge >= 0.3 is 0 Å². The molecule has 0 aliphatic heterocycles. The van der Waals surface area contributed by atoms with Gasteiger partial charge in [0, 0.05) is 0 Å². The molecule has 10 heavy (non-hydrogen) atoms. The maximum Gasteiger partial charge on any atom is 0.243 e. The van der Waals surface area contributed by atoms with Gasteiger partial charge in [0.1, 0.15) is 12.4 Å². The lowest BCUT2D eigenvalue weighted by molar-refractivity contribution is -0.670. The number of hydrogen-bond acceptors (Lipinski definition) is 3. The molecule has 0 aliphatic rings. The van der Waals surface area contributed by atoms with Crippen molar-refractivity contribution in [1.29, 1.82) is 0 Å². The van der Waals surface area contributed by atoms with Crippen LogP contribution in [0.2, 0.25) is 0 Å². The van der Waals surface area contributed by atoms with Crippen LogP contribution in [0.3, 0.4) is 0 Å². The Balaban J connectivity index is 0.000000236. The largest absolute Gasteiger partial charge is 0.444 e. The van der Waals surface area contributed by atoms with Crippen molar-refractivity contribution in [3.05, 3.63) is 28.8 Å². The van der Waals surface area contributed by atoms with Gasteiger partial charge in [0.2, 0.25) is 6.33 Å². The van der Waals surface area contributed by atoms with E-state index in [0.717, 1.165) is 5.34 Å². The fourth-order valence-corrected chi connectivity index (χ4v) is 0.575. The molecule has 1 rings (SSSR count). The highest BCUT2D eigenvalue weighted by Crippen LogP contribution is 1.70. The minimum atomic E-state index is 1.00. The summed E-state index contributed by atoms with van der Waals surface area (Å²) in [5.41, 5.74) is 0. The number of nitrogens with zero attached hydrogens (tertiary/aromatic N) is 3. The highest BCUT2D eigenvalue weighted by Gasteiger charge is 1.87. The van der Waals surface area contributed by atoms with Crippen LogP contribution in [-0.4, -0.2) is 4.57 Å². The molecule has 1 aromatic rings. The van der Waals surface area contributed by atoms with Crippen molar-refractivity contribution in [2.75, 3.05) is 0 Å². The summed E-state index contributed by atoms with van der Waals surface area (Å²) in [6, 6.07) is 0. The molecule has 0 aromatic carbocycles. The minimum absolute atomic E-state index is 1.00. The smallest absolute Gasteiger partial charge is 0.243 e. The summed E-state index contributed by atoms with van der Waals surface area (Å²) in [7, 11) is 4.00. The highest BCUT2D eigenvalue weighted by molar-refractivity contribution is 4.60. The van der Waals surface area contributed by atoms with Crippen LogP contribution in [0, 0.1) is 10.1 Å². The number of hydrogen-bond donors (Lipinski definition) is 0. The van der Waals surface area contributed by atoms with Crippen LogP contribution in [0.25, 0.3) is 0 Å². The molecule has 0 atom stereocenters. The lowest BCUT2D eigenvalue weighted by Crippen LogP contribution is -2.23. The molecule has 0 saturated heterocycles. The van der Waals surface area contributed by atoms with Crippen molar-refractivity contribution in [2.24, 2.45) is 19.4 Å². The molecule has 56 valence electrons. The Labute approximate surface area is 58.5 Å². The van der Waals surface area contributed by atoms with Gasteiger partial charge < -0.3 is 10.1 Å². The van der Waals surface area contributed by atoms with Gasteiger partial charge in [0.15, 0.2) is 0 Å². The van der Waals surface area contributed by atoms with Gasteiger partial charge in [-0.15, -0.1) is 5.34 Å². The zero-order valence-electron chi connectivity index (χ0n) is 5.89. The first kappa shape index (κ1) is 8.61. The Bertz CT molecular complexity index is 180. The Morgan fingerprint density at radius 2 is 2.20 bits per heavy atom. The average Bonchev–Trinajstić information content (AvgIpc) is 2.17. The molecule has 0 unspecified atom stereocenters. The van der Waals surface area contributed by atoms with E-state index in [-0.39, 0.29) is 0 Å². The number of rotatable bonds is 0. The lowest BCUT2D eigenvalue weighted by atomic mass is 10.9. The lowest BCUT2D eigenvalue weighted by Gasteiger charge is -1.72. The number of aryl methyl sites for hydroxylation is 2. The summed E-state index contributed by atoms with van der Waals surface area (Å²) in [5.74, 6) is 0. The second-order valence-corrected chi connectivity index (χ2v) is 1.82. The van der Waals surface area contributed by atoms with Crippen LogP contribution in [-0.2, 0) is 14.1 Å². The molecular weight excluding hydrogens is 134 g/mol. The second kappa shape index (κ2) is 4.49. The summed E-state index contributed by atoms with van der Waals surface area (Å²) >= 11 is 0. The van der Waals surface area contributed by atoms with Crippen LogP contribution in [0.4, 0.5) is 0 Å². The van der Waals surface area contributed by atoms with Gasteiger partial charge in [0.25, 0.3) is 0 Å². The van der Waals surface area contributed by atoms with Gasteiger partial charge in [-0.05, 0) is 0 Å². The SMILES string of the molecule is Cn1cc[n+](C)c1.O=N[O-]. The molecule has 5 heteroatoms. The summed E-state index contributed by atoms with van der Waals surface area (Å²) in [4.78, 5) is 8.00. The van der Waals surface area contributed by atoms with Gasteiger partial charge in [0.05, 0.1) is 14.1 Å². The first-order chi connectivity index (χ1) is 4.70. The van der Waals surface area contributed by atoms with Crippen molar-refractivity contribution < 1.29 is 4.57 Å². The Hall–Kier alpha value is -1.39. The molecule has 0 amide bonds. The van der Waals surface area contributed by atoms with E-state index in [1.165, 1.54) is 0 Å². The summed E-state index contributed by atoms with van der Waals surface area (Å²) in [6.07, 6.45) is 6.00. The van der Waals surface area contributed by atoms with Crippen LogP contribution in [0.15, 0.2) is 24.1 Å². The summed E-state index contributed by atoms with van der Waals surface area (Å²) < 4.78 is 4.00. The maximum atomic E-state index is 8.00. The van der Waals surface area contributed by atoms with Crippen molar-refractivity contribution >= 4 is 0 Å². The molecule has 0 fully saturated rings. The number of imidazole rings is 1. The third-order valence-corrected chi connectivity index (χ3v) is 0.901. The average molecular weight is 143 g/mol. The third kappa shape index (κ3) is 3.59. The zero-order chi connectivity index (χ0) is 7.98. The van der Waals surface area contributed by atoms with Crippen molar-refractivity contribution in [1.82, 2.24) is 4.57 Å². The molecule has 0 radical (unpaired) electrons. The van der Waals surface area contributed by atoms with Crippen LogP contribution >= 0.6 is 0 Å². The first-order valence-corrected chi connectivity index (χ1v) is 2.63. The molecule has 1 heterocycles. The minimum Gasteiger partial charge on any atom is -0.444 e. The maximum absolute atomic E-state index is 8.00. The van der Waals surface area contributed by atoms with Crippen LogP contribution < -0.4 is 4.57 Å². The zero-order valence-corrected chi connectivity index (χ0v) is 5.89. The molecule has 1 aromatic heterocycles. The summed E-state index contributed by atoms with van der Waals surface area (Å²) in [5, 5.41) is 9.00. The Kier molecular flexibility index (Phi) is 3.86. The third-order valence-electron chi connectivity index (χ3n) is 0.901. The second-order valence-electron chi connectivity index (χ2n) is 1.82. The quantitative estimate of drug-likeness (QED) is 0.294. The Morgan fingerprint density at radius 1 is 1.70 bits per heavy atom. The molecular formula is C5H9N3O2. The van der Waals surface area contributed by atoms with Crippen LogP contribution in [0.1, 0.15) is 0 Å². The van der Waals surface area contributed by atoms with E-state index in [0.29, 0.717) is 0 Å². The van der Waals surface area contributed by atoms with Gasteiger partial charge in [-0.3, -0.25) is 0 Å². The van der Waals surface area contributed by atoms with Crippen LogP contribution in [0.5, 0.6) is 0 Å². The normalized spacial score (nSPS) is 7.80. The molecule has 0 spiro atoms. The van der Waals surface area contributed by atoms with E-state index in [4.69, 9.17) is 10.1 Å². The predicted molar refractivity (Wildman–Crippen MR) is 35.8 cm³/mol. The first-order valence-electron chi connectivity index (χ1n) is 2.63. The predicted octanol–water partition coefficient (Wildman–Crippen LogP) is 0.100. The van der Waals surface area contributed by atoms with Crippen molar-refractivity contribution in [3.63, 3.8) is 0 Å². The van der Waals surface area contributed by atoms with Crippen molar-refractivity contribution in [3.8, 4) is 0 Å². The topological polar surface area (TPSA) is 61.3 Å². The fraction of sp³-hybridized carbons (Fsp3) is 0.400. The summed E-state index contributed by atoms with van der Waals surface area (Å²) in [6.45, 7) is 0. The van der Waals surface area contributed by atoms with Gasteiger partial charge in [-0.1, -0.05) is 0 Å². The van der Waals surface area contributed by atoms with E-state index in [2.05, 4.69) is 0 Å². The molecule has 0 bridgehead atoms. The van der Waals surface area contributed by atoms with Gasteiger partial charge in [-0.25, -0.2) is 9.13 Å². The van der Waals surface area contributed by atoms with E-state index in [9.17, 15) is 0 Å². The van der Waals surface area contributed by atoms with E-state index < -0.39 is 0 Å². The monoisotopic (exact) mass is 143 g/mol. The standard InChI is InChI=1S/C5H9N2.HNO2/c1-6-3-4-7(2)5-6;2-1-3/h3-5H,1-2H3;(H,2,3)/q+1;/p-1. The van der Waals surface area contributed by atoms with Crippen molar-refractivity contribution in [2.45, 2.75) is 0 Å². The molecule has 5 nitrogen and oxygen atoms in total. The highest BCUT2D eigenvalue weighted by atomic mass is 16.6. The number of aromatic nitrogens is 2. The Morgan fingerprint density at radius 3 is 2.30 bits per heavy atom. The van der Waals surface area contributed by atoms with Gasteiger partial charge in [-0.2, -0.15) is 0 Å². The molecule has 0 saturated carbocycles. The van der Waals surface area contributed by atoms with E-state index in [1.807, 2.05) is 42.0 Å². The molecule has 0 aliphatic carbocycles. The molecule has 0 N–H and O–H groups in total. The van der Waals surface area contributed by atoms with E-state index >= 15 is 0 Å². The van der Waals surface area contributed by atoms with E-state index in [1.54, 1.807) is 0 Å². The fourth-order valence-electron chi connectivity index (χ4n) is 0.575.